The second-order valence-corrected chi connectivity index (χ2v) is 5.37. The number of rotatable bonds is 0. The zero-order valence-corrected chi connectivity index (χ0v) is 9.14. The molecule has 0 aromatic rings. The molecule has 0 bridgehead atoms. The van der Waals surface area contributed by atoms with Gasteiger partial charge < -0.3 is 48.0 Å². The summed E-state index contributed by atoms with van der Waals surface area (Å²) in [5.41, 5.74) is 0. The minimum absolute atomic E-state index is 0. The van der Waals surface area contributed by atoms with Gasteiger partial charge >= 0.3 is 0 Å². The monoisotopic (exact) mass is 277 g/mol. The minimum atomic E-state index is -4.56. The van der Waals surface area contributed by atoms with Crippen LogP contribution in [0.1, 0.15) is 0 Å². The SMILES string of the molecule is O=P([O-])([O-])[S-].[Mn].[O-]P([O-])([O-])=S. The van der Waals surface area contributed by atoms with Gasteiger partial charge in [-0.05, 0) is 0 Å². The molecule has 0 aliphatic rings. The van der Waals surface area contributed by atoms with E-state index in [1.54, 1.807) is 0 Å². The summed E-state index contributed by atoms with van der Waals surface area (Å²) < 4.78 is 8.92. The third-order valence-corrected chi connectivity index (χ3v) is 0. The molecule has 0 amide bonds. The van der Waals surface area contributed by atoms with Gasteiger partial charge in [-0.2, -0.15) is 11.8 Å². The molecule has 0 aliphatic heterocycles. The van der Waals surface area contributed by atoms with Gasteiger partial charge in [0, 0.05) is 17.1 Å². The summed E-state index contributed by atoms with van der Waals surface area (Å²) in [5, 5.41) is 0. The smallest absolute Gasteiger partial charge is 0 e. The van der Waals surface area contributed by atoms with Crippen LogP contribution in [-0.4, -0.2) is 0 Å². The van der Waals surface area contributed by atoms with Gasteiger partial charge in [-0.15, -0.1) is 0 Å². The maximum absolute atomic E-state index is 8.92. The average Bonchev–Trinajstić information content (AvgIpc) is 1.12. The standard InChI is InChI=1S/Mn.2H3O3PS/c;2*1-4(2,3)5/h;2*(H3,1,2,3,5)/p-6. The van der Waals surface area contributed by atoms with E-state index in [0.717, 1.165) is 0 Å². The Labute approximate surface area is 83.7 Å². The minimum Gasteiger partial charge on any atom is -0.844 e. The fourth-order valence-electron chi connectivity index (χ4n) is 0. The molecule has 0 N–H and O–H groups in total. The first-order valence-electron chi connectivity index (χ1n) is 1.46. The average molecular weight is 277 g/mol. The van der Waals surface area contributed by atoms with Gasteiger partial charge in [0.25, 0.3) is 0 Å². The van der Waals surface area contributed by atoms with Crippen molar-refractivity contribution in [2.45, 2.75) is 0 Å². The van der Waals surface area contributed by atoms with Crippen LogP contribution in [-0.2, 0) is 45.7 Å². The molecule has 71 valence electrons. The van der Waals surface area contributed by atoms with Crippen LogP contribution in [0.2, 0.25) is 0 Å². The van der Waals surface area contributed by atoms with Crippen molar-refractivity contribution in [2.24, 2.45) is 0 Å². The van der Waals surface area contributed by atoms with E-state index >= 15 is 0 Å². The fraction of sp³-hybridized carbons (Fsp3) is 0. The zero-order valence-electron chi connectivity index (χ0n) is 4.54. The Morgan fingerprint density at radius 1 is 1.09 bits per heavy atom. The van der Waals surface area contributed by atoms with Crippen LogP contribution >= 0.6 is 13.5 Å². The Kier molecular flexibility index (Phi) is 11.7. The van der Waals surface area contributed by atoms with Crippen LogP contribution < -0.4 is 24.5 Å². The molecule has 0 unspecified atom stereocenters. The van der Waals surface area contributed by atoms with Crippen molar-refractivity contribution in [1.29, 1.82) is 0 Å². The predicted octanol–water partition coefficient (Wildman–Crippen LogP) is -4.35. The Morgan fingerprint density at radius 2 is 1.09 bits per heavy atom. The second kappa shape index (κ2) is 7.00. The predicted molar refractivity (Wildman–Crippen MR) is 29.3 cm³/mol. The van der Waals surface area contributed by atoms with E-state index in [0.29, 0.717) is 0 Å². The fourth-order valence-corrected chi connectivity index (χ4v) is 0. The normalized spacial score (nSPS) is 10.7. The largest absolute Gasteiger partial charge is 0.844 e. The topological polar surface area (TPSA) is 132 Å². The van der Waals surface area contributed by atoms with Gasteiger partial charge in [0.15, 0.2) is 0 Å². The molecule has 0 aromatic heterocycles. The molecule has 0 heterocycles. The van der Waals surface area contributed by atoms with Gasteiger partial charge in [0.05, 0.1) is 0 Å². The molecule has 0 spiro atoms. The van der Waals surface area contributed by atoms with Crippen molar-refractivity contribution in [3.05, 3.63) is 0 Å². The van der Waals surface area contributed by atoms with Gasteiger partial charge in [0.1, 0.15) is 0 Å². The Hall–Kier alpha value is 1.55. The van der Waals surface area contributed by atoms with Crippen molar-refractivity contribution in [1.82, 2.24) is 0 Å². The van der Waals surface area contributed by atoms with Crippen molar-refractivity contribution in [3.63, 3.8) is 0 Å². The van der Waals surface area contributed by atoms with Crippen LogP contribution in [0.15, 0.2) is 0 Å². The van der Waals surface area contributed by atoms with Gasteiger partial charge in [-0.25, -0.2) is 6.80 Å². The van der Waals surface area contributed by atoms with Gasteiger partial charge in [-0.3, -0.25) is 0 Å². The second-order valence-electron chi connectivity index (χ2n) is 0.894. The molecule has 0 atom stereocenters. The molecular formula is MnO6P2S2-6. The Morgan fingerprint density at radius 3 is 1.09 bits per heavy atom. The summed E-state index contributed by atoms with van der Waals surface area (Å²) in [5.74, 6) is 0. The third-order valence-electron chi connectivity index (χ3n) is 0. The van der Waals surface area contributed by atoms with E-state index in [1.165, 1.54) is 0 Å². The van der Waals surface area contributed by atoms with Crippen LogP contribution in [0.5, 0.6) is 0 Å². The molecule has 11 heteroatoms. The van der Waals surface area contributed by atoms with Crippen molar-refractivity contribution < 1.29 is 46.1 Å². The van der Waals surface area contributed by atoms with Crippen LogP contribution in [0.3, 0.4) is 0 Å². The summed E-state index contributed by atoms with van der Waals surface area (Å²) in [7, 11) is 0. The molecule has 0 aromatic carbocycles. The molecule has 0 aliphatic carbocycles. The molecule has 11 heavy (non-hydrogen) atoms. The van der Waals surface area contributed by atoms with Gasteiger partial charge in [0.2, 0.25) is 0 Å². The van der Waals surface area contributed by atoms with Crippen LogP contribution in [0, 0.1) is 0 Å². The maximum atomic E-state index is 8.92. The summed E-state index contributed by atoms with van der Waals surface area (Å²) in [6.45, 7) is -9.11. The molecule has 0 saturated carbocycles. The van der Waals surface area contributed by atoms with Crippen LogP contribution in [0.25, 0.3) is 0 Å². The van der Waals surface area contributed by atoms with Crippen molar-refractivity contribution in [3.8, 4) is 0 Å². The van der Waals surface area contributed by atoms with E-state index in [4.69, 9.17) is 29.0 Å². The molecule has 0 fully saturated rings. The first-order valence-corrected chi connectivity index (χ1v) is 6.57. The van der Waals surface area contributed by atoms with E-state index in [-0.39, 0.29) is 17.1 Å². The van der Waals surface area contributed by atoms with Crippen molar-refractivity contribution >= 4 is 37.6 Å². The number of hydrogen-bond donors (Lipinski definition) is 0. The molecular weight excluding hydrogens is 277 g/mol. The van der Waals surface area contributed by atoms with E-state index in [2.05, 4.69) is 24.1 Å². The summed E-state index contributed by atoms with van der Waals surface area (Å²) in [4.78, 5) is 44.6. The van der Waals surface area contributed by atoms with E-state index in [1.807, 2.05) is 0 Å². The first kappa shape index (κ1) is 18.4. The molecule has 0 rings (SSSR count). The van der Waals surface area contributed by atoms with Gasteiger partial charge in [-0.1, -0.05) is 0 Å². The third kappa shape index (κ3) is 439. The quantitative estimate of drug-likeness (QED) is 0.246. The Bertz CT molecular complexity index is 131. The summed E-state index contributed by atoms with van der Waals surface area (Å²) in [6.07, 6.45) is 0. The summed E-state index contributed by atoms with van der Waals surface area (Å²) >= 11 is 6.54. The first-order chi connectivity index (χ1) is 4.00. The molecule has 1 radical (unpaired) electrons. The Balaban J connectivity index is -0.000000107. The zero-order chi connectivity index (χ0) is 9.00. The van der Waals surface area contributed by atoms with E-state index < -0.39 is 13.5 Å². The molecule has 0 saturated heterocycles. The number of hydrogen-bond acceptors (Lipinski definition) is 8. The van der Waals surface area contributed by atoms with Crippen molar-refractivity contribution in [2.75, 3.05) is 0 Å². The molecule has 6 nitrogen and oxygen atoms in total. The van der Waals surface area contributed by atoms with Crippen LogP contribution in [0.4, 0.5) is 0 Å². The van der Waals surface area contributed by atoms with E-state index in [9.17, 15) is 0 Å². The summed E-state index contributed by atoms with van der Waals surface area (Å²) in [6, 6.07) is 0. The maximum Gasteiger partial charge on any atom is 0 e.